The first-order chi connectivity index (χ1) is 9.51. The Hall–Kier alpha value is -0.420. The summed E-state index contributed by atoms with van der Waals surface area (Å²) in [5, 5.41) is 3.93. The van der Waals surface area contributed by atoms with Crippen molar-refractivity contribution in [1.29, 1.82) is 0 Å². The van der Waals surface area contributed by atoms with Gasteiger partial charge in [0.2, 0.25) is 0 Å². The molecule has 0 amide bonds. The van der Waals surface area contributed by atoms with Crippen molar-refractivity contribution in [3.05, 3.63) is 67.3 Å². The number of halogens is 4. The second kappa shape index (κ2) is 7.03. The van der Waals surface area contributed by atoms with E-state index in [1.165, 1.54) is 6.07 Å². The third-order valence-electron chi connectivity index (χ3n) is 3.13. The molecule has 0 bridgehead atoms. The molecule has 0 fully saturated rings. The van der Waals surface area contributed by atoms with Crippen molar-refractivity contribution in [3.63, 3.8) is 0 Å². The highest BCUT2D eigenvalue weighted by atomic mass is 79.9. The Kier molecular flexibility index (Phi) is 5.61. The van der Waals surface area contributed by atoms with E-state index in [0.29, 0.717) is 11.4 Å². The van der Waals surface area contributed by atoms with Gasteiger partial charge in [0.25, 0.3) is 0 Å². The highest BCUT2D eigenvalue weighted by molar-refractivity contribution is 9.10. The molecule has 0 saturated carbocycles. The zero-order valence-electron chi connectivity index (χ0n) is 10.8. The van der Waals surface area contributed by atoms with Crippen LogP contribution in [0.1, 0.15) is 17.2 Å². The van der Waals surface area contributed by atoms with Crippen LogP contribution in [0.15, 0.2) is 45.3 Å². The quantitative estimate of drug-likeness (QED) is 0.687. The zero-order chi connectivity index (χ0) is 14.7. The van der Waals surface area contributed by atoms with Crippen LogP contribution in [0.2, 0.25) is 5.02 Å². The standard InChI is InChI=1S/C15H13Br2ClFN/c1-20-15(9-2-5-14(18)13(17)7-9)8-10-6-11(19)3-4-12(10)16/h2-7,15,20H,8H2,1H3. The van der Waals surface area contributed by atoms with Crippen LogP contribution in [0.3, 0.4) is 0 Å². The summed E-state index contributed by atoms with van der Waals surface area (Å²) in [5.74, 6) is -0.227. The van der Waals surface area contributed by atoms with Crippen LogP contribution in [0.4, 0.5) is 4.39 Å². The van der Waals surface area contributed by atoms with Gasteiger partial charge in [0.1, 0.15) is 5.82 Å². The Labute approximate surface area is 139 Å². The van der Waals surface area contributed by atoms with Gasteiger partial charge in [0, 0.05) is 15.0 Å². The molecule has 2 aromatic rings. The molecule has 0 saturated heterocycles. The first-order valence-corrected chi connectivity index (χ1v) is 8.04. The fourth-order valence-corrected chi connectivity index (χ4v) is 2.96. The van der Waals surface area contributed by atoms with Crippen molar-refractivity contribution in [1.82, 2.24) is 5.32 Å². The topological polar surface area (TPSA) is 12.0 Å². The minimum Gasteiger partial charge on any atom is -0.313 e. The van der Waals surface area contributed by atoms with Crippen molar-refractivity contribution < 1.29 is 4.39 Å². The van der Waals surface area contributed by atoms with Crippen LogP contribution in [0.5, 0.6) is 0 Å². The van der Waals surface area contributed by atoms with E-state index in [9.17, 15) is 4.39 Å². The predicted octanol–water partition coefficient (Wildman–Crippen LogP) is 5.51. The average molecular weight is 422 g/mol. The summed E-state index contributed by atoms with van der Waals surface area (Å²) in [7, 11) is 1.89. The van der Waals surface area contributed by atoms with Crippen LogP contribution in [-0.2, 0) is 6.42 Å². The minimum absolute atomic E-state index is 0.0849. The van der Waals surface area contributed by atoms with Gasteiger partial charge in [-0.05, 0) is 70.9 Å². The van der Waals surface area contributed by atoms with E-state index in [2.05, 4.69) is 37.2 Å². The van der Waals surface area contributed by atoms with Gasteiger partial charge in [-0.2, -0.15) is 0 Å². The molecule has 0 aliphatic carbocycles. The Bertz CT molecular complexity index is 619. The molecule has 0 spiro atoms. The molecule has 0 radical (unpaired) electrons. The molecule has 1 N–H and O–H groups in total. The highest BCUT2D eigenvalue weighted by Gasteiger charge is 2.14. The van der Waals surface area contributed by atoms with E-state index < -0.39 is 0 Å². The molecule has 106 valence electrons. The van der Waals surface area contributed by atoms with Crippen LogP contribution < -0.4 is 5.32 Å². The SMILES string of the molecule is CNC(Cc1cc(F)ccc1Br)c1ccc(Cl)c(Br)c1. The van der Waals surface area contributed by atoms with Gasteiger partial charge in [-0.25, -0.2) is 4.39 Å². The average Bonchev–Trinajstić information content (AvgIpc) is 2.43. The molecule has 0 aromatic heterocycles. The maximum Gasteiger partial charge on any atom is 0.123 e. The first kappa shape index (κ1) is 16.0. The van der Waals surface area contributed by atoms with E-state index in [-0.39, 0.29) is 11.9 Å². The van der Waals surface area contributed by atoms with Crippen LogP contribution in [0.25, 0.3) is 0 Å². The molecular formula is C15H13Br2ClFN. The molecule has 2 aromatic carbocycles. The minimum atomic E-state index is -0.227. The lowest BCUT2D eigenvalue weighted by molar-refractivity contribution is 0.582. The summed E-state index contributed by atoms with van der Waals surface area (Å²) in [6, 6.07) is 10.6. The van der Waals surface area contributed by atoms with Crippen molar-refractivity contribution in [2.75, 3.05) is 7.05 Å². The Morgan fingerprint density at radius 3 is 2.55 bits per heavy atom. The fourth-order valence-electron chi connectivity index (χ4n) is 2.04. The number of rotatable bonds is 4. The van der Waals surface area contributed by atoms with Crippen LogP contribution >= 0.6 is 43.5 Å². The molecule has 0 aliphatic heterocycles. The third-order valence-corrected chi connectivity index (χ3v) is 5.11. The van der Waals surface area contributed by atoms with Gasteiger partial charge in [0.15, 0.2) is 0 Å². The number of nitrogens with one attached hydrogen (secondary N) is 1. The van der Waals surface area contributed by atoms with Gasteiger partial charge in [-0.3, -0.25) is 0 Å². The summed E-state index contributed by atoms with van der Waals surface area (Å²) in [5.41, 5.74) is 2.02. The van der Waals surface area contributed by atoms with Gasteiger partial charge >= 0.3 is 0 Å². The largest absolute Gasteiger partial charge is 0.313 e. The second-order valence-corrected chi connectivity index (χ2v) is 6.57. The Balaban J connectivity index is 2.28. The van der Waals surface area contributed by atoms with Crippen molar-refractivity contribution in [2.45, 2.75) is 12.5 Å². The van der Waals surface area contributed by atoms with Crippen molar-refractivity contribution in [2.24, 2.45) is 0 Å². The molecule has 5 heteroatoms. The molecule has 20 heavy (non-hydrogen) atoms. The summed E-state index contributed by atoms with van der Waals surface area (Å²) in [4.78, 5) is 0. The Morgan fingerprint density at radius 1 is 1.15 bits per heavy atom. The van der Waals surface area contributed by atoms with E-state index >= 15 is 0 Å². The number of likely N-dealkylation sites (N-methyl/N-ethyl adjacent to an activating group) is 1. The van der Waals surface area contributed by atoms with Crippen LogP contribution in [0, 0.1) is 5.82 Å². The van der Waals surface area contributed by atoms with Gasteiger partial charge in [0.05, 0.1) is 5.02 Å². The zero-order valence-corrected chi connectivity index (χ0v) is 14.7. The van der Waals surface area contributed by atoms with Gasteiger partial charge in [-0.1, -0.05) is 33.6 Å². The van der Waals surface area contributed by atoms with Crippen molar-refractivity contribution >= 4 is 43.5 Å². The Morgan fingerprint density at radius 2 is 1.90 bits per heavy atom. The normalized spacial score (nSPS) is 12.4. The van der Waals surface area contributed by atoms with E-state index in [1.807, 2.05) is 25.2 Å². The maximum absolute atomic E-state index is 13.4. The smallest absolute Gasteiger partial charge is 0.123 e. The van der Waals surface area contributed by atoms with E-state index in [4.69, 9.17) is 11.6 Å². The maximum atomic E-state index is 13.4. The summed E-state index contributed by atoms with van der Waals surface area (Å²) in [6.07, 6.45) is 0.683. The first-order valence-electron chi connectivity index (χ1n) is 6.07. The number of benzene rings is 2. The summed E-state index contributed by atoms with van der Waals surface area (Å²) in [6.45, 7) is 0. The molecule has 1 unspecified atom stereocenters. The van der Waals surface area contributed by atoms with E-state index in [1.54, 1.807) is 12.1 Å². The second-order valence-electron chi connectivity index (χ2n) is 4.45. The van der Waals surface area contributed by atoms with Crippen LogP contribution in [-0.4, -0.2) is 7.05 Å². The molecule has 1 nitrogen and oxygen atoms in total. The molecule has 0 heterocycles. The predicted molar refractivity (Wildman–Crippen MR) is 88.8 cm³/mol. The summed E-state index contributed by atoms with van der Waals surface area (Å²) < 4.78 is 15.1. The fraction of sp³-hybridized carbons (Fsp3) is 0.200. The van der Waals surface area contributed by atoms with E-state index in [0.717, 1.165) is 20.1 Å². The monoisotopic (exact) mass is 419 g/mol. The lowest BCUT2D eigenvalue weighted by atomic mass is 9.99. The lowest BCUT2D eigenvalue weighted by Crippen LogP contribution is -2.19. The molecule has 0 aliphatic rings. The molecule has 2 rings (SSSR count). The number of hydrogen-bond donors (Lipinski definition) is 1. The highest BCUT2D eigenvalue weighted by Crippen LogP contribution is 2.29. The molecular weight excluding hydrogens is 408 g/mol. The van der Waals surface area contributed by atoms with Gasteiger partial charge in [-0.15, -0.1) is 0 Å². The molecule has 1 atom stereocenters. The lowest BCUT2D eigenvalue weighted by Gasteiger charge is -2.18. The third kappa shape index (κ3) is 3.82. The van der Waals surface area contributed by atoms with Crippen molar-refractivity contribution in [3.8, 4) is 0 Å². The van der Waals surface area contributed by atoms with Gasteiger partial charge < -0.3 is 5.32 Å². The summed E-state index contributed by atoms with van der Waals surface area (Å²) >= 11 is 12.9. The number of hydrogen-bond acceptors (Lipinski definition) is 1.